The van der Waals surface area contributed by atoms with Gasteiger partial charge >= 0.3 is 0 Å². The number of carbonyl (C=O) groups excluding carboxylic acids is 1. The molecule has 0 saturated heterocycles. The fraction of sp³-hybridized carbons (Fsp3) is 0.462. The molecule has 0 aliphatic carbocycles. The maximum Gasteiger partial charge on any atom is 0.240 e. The van der Waals surface area contributed by atoms with E-state index in [1.165, 1.54) is 6.20 Å². The summed E-state index contributed by atoms with van der Waals surface area (Å²) in [7, 11) is 1.59. The molecule has 0 fully saturated rings. The number of pyridine rings is 1. The molecule has 0 unspecified atom stereocenters. The first-order valence-electron chi connectivity index (χ1n) is 6.48. The van der Waals surface area contributed by atoms with Gasteiger partial charge in [0.25, 0.3) is 0 Å². The largest absolute Gasteiger partial charge is 0.383 e. The summed E-state index contributed by atoms with van der Waals surface area (Å²) in [5, 5.41) is 3.28. The second kappa shape index (κ2) is 7.59. The molecule has 6 nitrogen and oxygen atoms in total. The molecule has 0 spiro atoms. The van der Waals surface area contributed by atoms with E-state index in [1.54, 1.807) is 17.7 Å². The third kappa shape index (κ3) is 4.06. The van der Waals surface area contributed by atoms with E-state index >= 15 is 0 Å². The van der Waals surface area contributed by atoms with Crippen LogP contribution in [0.4, 0.5) is 0 Å². The number of nitrogens with one attached hydrogen (secondary N) is 1. The van der Waals surface area contributed by atoms with E-state index < -0.39 is 0 Å². The van der Waals surface area contributed by atoms with E-state index in [0.717, 1.165) is 5.82 Å². The summed E-state index contributed by atoms with van der Waals surface area (Å²) >= 11 is 11.7. The molecule has 0 aromatic carbocycles. The van der Waals surface area contributed by atoms with Gasteiger partial charge in [-0.15, -0.1) is 11.6 Å². The first-order chi connectivity index (χ1) is 10.2. The molecule has 8 heteroatoms. The third-order valence-corrected chi connectivity index (χ3v) is 3.27. The maximum atomic E-state index is 12.0. The molecular formula is C13H16Cl2N4O2. The highest BCUT2D eigenvalue weighted by atomic mass is 35.5. The topological polar surface area (TPSA) is 69.0 Å². The Balaban J connectivity index is 2.23. The summed E-state index contributed by atoms with van der Waals surface area (Å²) in [5.41, 5.74) is 1.29. The van der Waals surface area contributed by atoms with Crippen molar-refractivity contribution in [2.75, 3.05) is 26.1 Å². The molecule has 0 atom stereocenters. The fourth-order valence-corrected chi connectivity index (χ4v) is 2.29. The molecule has 114 valence electrons. The number of fused-ring (bicyclic) bond motifs is 1. The van der Waals surface area contributed by atoms with Crippen molar-refractivity contribution in [3.05, 3.63) is 23.1 Å². The summed E-state index contributed by atoms with van der Waals surface area (Å²) < 4.78 is 6.65. The summed E-state index contributed by atoms with van der Waals surface area (Å²) in [6.45, 7) is 1.08. The number of aromatic nitrogens is 3. The predicted octanol–water partition coefficient (Wildman–Crippen LogP) is 1.63. The van der Waals surface area contributed by atoms with E-state index in [0.29, 0.717) is 41.6 Å². The number of methoxy groups -OCH3 is 1. The molecule has 1 amide bonds. The predicted molar refractivity (Wildman–Crippen MR) is 81.8 cm³/mol. The highest BCUT2D eigenvalue weighted by Crippen LogP contribution is 2.18. The SMILES string of the molecule is COCCNC(=O)Cn1c(CCCl)nc2cc(Cl)cnc21. The van der Waals surface area contributed by atoms with Gasteiger partial charge in [0.05, 0.1) is 11.6 Å². The lowest BCUT2D eigenvalue weighted by Gasteiger charge is -2.08. The number of imidazole rings is 1. The first kappa shape index (κ1) is 16.0. The van der Waals surface area contributed by atoms with Crippen molar-refractivity contribution in [1.29, 1.82) is 0 Å². The van der Waals surface area contributed by atoms with Gasteiger partial charge in [-0.3, -0.25) is 4.79 Å². The molecule has 0 saturated carbocycles. The van der Waals surface area contributed by atoms with Gasteiger partial charge in [0, 0.05) is 32.2 Å². The monoisotopic (exact) mass is 330 g/mol. The molecule has 0 aliphatic rings. The zero-order chi connectivity index (χ0) is 15.2. The number of aryl methyl sites for hydroxylation is 1. The van der Waals surface area contributed by atoms with Crippen LogP contribution in [0.2, 0.25) is 5.02 Å². The summed E-state index contributed by atoms with van der Waals surface area (Å²) in [4.78, 5) is 20.6. The molecule has 0 bridgehead atoms. The standard InChI is InChI=1S/C13H16Cl2N4O2/c1-21-5-4-16-12(20)8-19-11(2-3-14)18-10-6-9(15)7-17-13(10)19/h6-7H,2-5,8H2,1H3,(H,16,20). The Labute approximate surface area is 132 Å². The molecule has 0 radical (unpaired) electrons. The molecule has 2 aromatic rings. The lowest BCUT2D eigenvalue weighted by Crippen LogP contribution is -2.31. The summed E-state index contributed by atoms with van der Waals surface area (Å²) in [6, 6.07) is 1.72. The zero-order valence-corrected chi connectivity index (χ0v) is 13.1. The second-order valence-electron chi connectivity index (χ2n) is 4.39. The number of ether oxygens (including phenoxy) is 1. The smallest absolute Gasteiger partial charge is 0.240 e. The molecular weight excluding hydrogens is 315 g/mol. The molecule has 1 N–H and O–H groups in total. The first-order valence-corrected chi connectivity index (χ1v) is 7.39. The van der Waals surface area contributed by atoms with Crippen LogP contribution < -0.4 is 5.32 Å². The van der Waals surface area contributed by atoms with Gasteiger partial charge in [0.15, 0.2) is 5.65 Å². The lowest BCUT2D eigenvalue weighted by atomic mass is 10.4. The number of carbonyl (C=O) groups is 1. The van der Waals surface area contributed by atoms with E-state index in [2.05, 4.69) is 15.3 Å². The molecule has 2 aromatic heterocycles. The Kier molecular flexibility index (Phi) is 5.78. The van der Waals surface area contributed by atoms with Crippen LogP contribution in [0.15, 0.2) is 12.3 Å². The molecule has 2 rings (SSSR count). The van der Waals surface area contributed by atoms with Gasteiger partial charge in [-0.25, -0.2) is 9.97 Å². The minimum absolute atomic E-state index is 0.126. The van der Waals surface area contributed by atoms with Crippen molar-refractivity contribution < 1.29 is 9.53 Å². The minimum atomic E-state index is -0.126. The van der Waals surface area contributed by atoms with Crippen molar-refractivity contribution in [2.45, 2.75) is 13.0 Å². The number of halogens is 2. The Morgan fingerprint density at radius 2 is 2.33 bits per heavy atom. The number of hydrogen-bond acceptors (Lipinski definition) is 4. The van der Waals surface area contributed by atoms with Gasteiger partial charge in [-0.1, -0.05) is 11.6 Å². The second-order valence-corrected chi connectivity index (χ2v) is 5.21. The van der Waals surface area contributed by atoms with Gasteiger partial charge in [0.1, 0.15) is 17.9 Å². The Morgan fingerprint density at radius 3 is 3.05 bits per heavy atom. The van der Waals surface area contributed by atoms with E-state index in [-0.39, 0.29) is 12.5 Å². The van der Waals surface area contributed by atoms with E-state index in [1.807, 2.05) is 0 Å². The van der Waals surface area contributed by atoms with Crippen molar-refractivity contribution in [3.8, 4) is 0 Å². The number of hydrogen-bond donors (Lipinski definition) is 1. The lowest BCUT2D eigenvalue weighted by molar-refractivity contribution is -0.121. The quantitative estimate of drug-likeness (QED) is 0.618. The highest BCUT2D eigenvalue weighted by molar-refractivity contribution is 6.31. The number of rotatable bonds is 7. The van der Waals surface area contributed by atoms with Crippen LogP contribution in [-0.4, -0.2) is 46.6 Å². The zero-order valence-electron chi connectivity index (χ0n) is 11.6. The van der Waals surface area contributed by atoms with Crippen LogP contribution in [0, 0.1) is 0 Å². The Hall–Kier alpha value is -1.37. The third-order valence-electron chi connectivity index (χ3n) is 2.88. The minimum Gasteiger partial charge on any atom is -0.383 e. The van der Waals surface area contributed by atoms with Gasteiger partial charge in [0.2, 0.25) is 5.91 Å². The molecule has 2 heterocycles. The average molecular weight is 331 g/mol. The highest BCUT2D eigenvalue weighted by Gasteiger charge is 2.14. The summed E-state index contributed by atoms with van der Waals surface area (Å²) in [5.74, 6) is 1.01. The van der Waals surface area contributed by atoms with Crippen molar-refractivity contribution >= 4 is 40.3 Å². The number of amides is 1. The molecule has 21 heavy (non-hydrogen) atoms. The van der Waals surface area contributed by atoms with Crippen molar-refractivity contribution in [3.63, 3.8) is 0 Å². The van der Waals surface area contributed by atoms with Gasteiger partial charge in [-0.05, 0) is 6.07 Å². The van der Waals surface area contributed by atoms with Crippen LogP contribution in [0.3, 0.4) is 0 Å². The van der Waals surface area contributed by atoms with E-state index in [4.69, 9.17) is 27.9 Å². The van der Waals surface area contributed by atoms with Crippen molar-refractivity contribution in [2.24, 2.45) is 0 Å². The Bertz CT molecular complexity index is 630. The van der Waals surface area contributed by atoms with E-state index in [9.17, 15) is 4.79 Å². The van der Waals surface area contributed by atoms with Gasteiger partial charge in [-0.2, -0.15) is 0 Å². The van der Waals surface area contributed by atoms with Crippen LogP contribution in [-0.2, 0) is 22.5 Å². The number of alkyl halides is 1. The van der Waals surface area contributed by atoms with Crippen molar-refractivity contribution in [1.82, 2.24) is 19.9 Å². The normalized spacial score (nSPS) is 11.0. The van der Waals surface area contributed by atoms with Crippen LogP contribution in [0.25, 0.3) is 11.2 Å². The maximum absolute atomic E-state index is 12.0. The Morgan fingerprint density at radius 1 is 1.52 bits per heavy atom. The number of nitrogens with zero attached hydrogens (tertiary/aromatic N) is 3. The van der Waals surface area contributed by atoms with Crippen LogP contribution in [0.5, 0.6) is 0 Å². The fourth-order valence-electron chi connectivity index (χ4n) is 1.97. The van der Waals surface area contributed by atoms with Crippen LogP contribution in [0.1, 0.15) is 5.82 Å². The van der Waals surface area contributed by atoms with Gasteiger partial charge < -0.3 is 14.6 Å². The molecule has 0 aliphatic heterocycles. The van der Waals surface area contributed by atoms with Crippen LogP contribution >= 0.6 is 23.2 Å². The average Bonchev–Trinajstić information content (AvgIpc) is 2.76. The summed E-state index contributed by atoms with van der Waals surface area (Å²) in [6.07, 6.45) is 2.09.